The van der Waals surface area contributed by atoms with E-state index in [9.17, 15) is 14.0 Å². The summed E-state index contributed by atoms with van der Waals surface area (Å²) in [5.74, 6) is -0.674. The molecule has 23 heavy (non-hydrogen) atoms. The number of ether oxygens (including phenoxy) is 1. The quantitative estimate of drug-likeness (QED) is 0.799. The molecule has 0 radical (unpaired) electrons. The number of methoxy groups -OCH3 is 1. The Hall–Kier alpha value is -2.09. The molecule has 2 heterocycles. The lowest BCUT2D eigenvalue weighted by molar-refractivity contribution is -0.152. The Kier molecular flexibility index (Phi) is 4.25. The molecule has 8 heteroatoms. The molecule has 1 atom stereocenters. The van der Waals surface area contributed by atoms with Gasteiger partial charge in [-0.3, -0.25) is 14.0 Å². The van der Waals surface area contributed by atoms with Crippen molar-refractivity contribution in [2.24, 2.45) is 5.41 Å². The Bertz CT molecular complexity index is 750. The molecule has 6 nitrogen and oxygen atoms in total. The van der Waals surface area contributed by atoms with Crippen molar-refractivity contribution >= 4 is 34.6 Å². The van der Waals surface area contributed by atoms with Gasteiger partial charge in [-0.25, -0.2) is 0 Å². The molecule has 1 aromatic carbocycles. The van der Waals surface area contributed by atoms with Crippen LogP contribution in [0.5, 0.6) is 0 Å². The second kappa shape index (κ2) is 6.19. The van der Waals surface area contributed by atoms with Crippen LogP contribution in [0.3, 0.4) is 0 Å². The first-order chi connectivity index (χ1) is 11.1. The van der Waals surface area contributed by atoms with Gasteiger partial charge in [0.1, 0.15) is 11.0 Å². The van der Waals surface area contributed by atoms with Crippen molar-refractivity contribution in [2.45, 2.75) is 12.8 Å². The molecular weight excluding hydrogens is 321 g/mol. The average molecular weight is 337 g/mol. The number of halogens is 1. The number of benzene rings is 1. The molecule has 0 spiro atoms. The second-order valence-electron chi connectivity index (χ2n) is 5.63. The van der Waals surface area contributed by atoms with Crippen LogP contribution in [-0.2, 0) is 9.53 Å². The maximum atomic E-state index is 12.9. The number of hydrogen-bond acceptors (Lipinski definition) is 6. The monoisotopic (exact) mass is 337 g/mol. The first-order valence-corrected chi connectivity index (χ1v) is 7.99. The predicted octanol–water partition coefficient (Wildman–Crippen LogP) is 2.06. The molecule has 2 aromatic rings. The van der Waals surface area contributed by atoms with Gasteiger partial charge >= 0.3 is 5.97 Å². The summed E-state index contributed by atoms with van der Waals surface area (Å²) in [7, 11) is 1.29. The van der Waals surface area contributed by atoms with Crippen LogP contribution in [0.15, 0.2) is 18.2 Å². The molecule has 1 amide bonds. The molecule has 0 saturated carbocycles. The van der Waals surface area contributed by atoms with Crippen LogP contribution >= 0.6 is 11.7 Å². The summed E-state index contributed by atoms with van der Waals surface area (Å²) in [5.41, 5.74) is 0.733. The minimum Gasteiger partial charge on any atom is -0.469 e. The zero-order chi connectivity index (χ0) is 16.4. The minimum atomic E-state index is -0.951. The Labute approximate surface area is 136 Å². The number of fused-ring (bicyclic) bond motifs is 1. The molecule has 3 rings (SSSR count). The number of likely N-dealkylation sites (tertiary alicyclic amines) is 1. The molecule has 0 N–H and O–H groups in total. The number of aromatic nitrogens is 2. The molecule has 1 unspecified atom stereocenters. The summed E-state index contributed by atoms with van der Waals surface area (Å²) in [5, 5.41) is 0. The molecule has 0 aliphatic carbocycles. The van der Waals surface area contributed by atoms with Gasteiger partial charge in [-0.1, -0.05) is 6.07 Å². The molecule has 1 saturated heterocycles. The number of amides is 1. The number of carbonyl (C=O) groups is 2. The van der Waals surface area contributed by atoms with E-state index in [1.807, 2.05) is 0 Å². The van der Waals surface area contributed by atoms with E-state index in [2.05, 4.69) is 8.75 Å². The van der Waals surface area contributed by atoms with E-state index in [1.165, 1.54) is 7.11 Å². The summed E-state index contributed by atoms with van der Waals surface area (Å²) in [4.78, 5) is 26.4. The summed E-state index contributed by atoms with van der Waals surface area (Å²) < 4.78 is 26.0. The maximum Gasteiger partial charge on any atom is 0.313 e. The maximum absolute atomic E-state index is 12.9. The van der Waals surface area contributed by atoms with Crippen molar-refractivity contribution in [2.75, 3.05) is 26.9 Å². The van der Waals surface area contributed by atoms with Gasteiger partial charge in [0.05, 0.1) is 36.5 Å². The fourth-order valence-electron chi connectivity index (χ4n) is 3.06. The lowest BCUT2D eigenvalue weighted by Gasteiger charge is -2.25. The molecular formula is C15H16FN3O3S. The number of nitrogens with zero attached hydrogens (tertiary/aromatic N) is 3. The lowest BCUT2D eigenvalue weighted by atomic mass is 9.84. The lowest BCUT2D eigenvalue weighted by Crippen LogP contribution is -2.38. The van der Waals surface area contributed by atoms with Gasteiger partial charge in [0, 0.05) is 13.1 Å². The Balaban J connectivity index is 1.87. The molecule has 1 fully saturated rings. The highest BCUT2D eigenvalue weighted by molar-refractivity contribution is 7.00. The van der Waals surface area contributed by atoms with Gasteiger partial charge in [0.25, 0.3) is 5.91 Å². The van der Waals surface area contributed by atoms with Crippen LogP contribution in [0.25, 0.3) is 11.0 Å². The SMILES string of the molecule is COC(=O)C1(CCF)CCN(C(=O)c2cccc3nsnc23)C1. The topological polar surface area (TPSA) is 72.4 Å². The van der Waals surface area contributed by atoms with Crippen LogP contribution in [0.2, 0.25) is 0 Å². The number of alkyl halides is 1. The van der Waals surface area contributed by atoms with Crippen molar-refractivity contribution < 1.29 is 18.7 Å². The summed E-state index contributed by atoms with van der Waals surface area (Å²) >= 11 is 1.05. The van der Waals surface area contributed by atoms with Gasteiger partial charge in [0.15, 0.2) is 0 Å². The fraction of sp³-hybridized carbons (Fsp3) is 0.467. The van der Waals surface area contributed by atoms with Crippen LogP contribution in [-0.4, -0.2) is 52.4 Å². The van der Waals surface area contributed by atoms with Crippen LogP contribution in [0.1, 0.15) is 23.2 Å². The van der Waals surface area contributed by atoms with E-state index in [0.29, 0.717) is 29.6 Å². The largest absolute Gasteiger partial charge is 0.469 e. The second-order valence-corrected chi connectivity index (χ2v) is 6.15. The fourth-order valence-corrected chi connectivity index (χ4v) is 3.61. The standard InChI is InChI=1S/C15H16FN3O3S/c1-22-14(21)15(5-7-16)6-8-19(9-15)13(20)10-3-2-4-11-12(10)18-23-17-11/h2-4H,5-9H2,1H3. The van der Waals surface area contributed by atoms with E-state index in [-0.39, 0.29) is 18.9 Å². The Morgan fingerprint density at radius 3 is 3.00 bits per heavy atom. The average Bonchev–Trinajstić information content (AvgIpc) is 3.21. The Morgan fingerprint density at radius 2 is 2.26 bits per heavy atom. The van der Waals surface area contributed by atoms with Crippen LogP contribution in [0.4, 0.5) is 4.39 Å². The minimum absolute atomic E-state index is 0.0614. The first kappa shape index (κ1) is 15.8. The molecule has 1 aliphatic heterocycles. The van der Waals surface area contributed by atoms with Gasteiger partial charge in [-0.05, 0) is 25.0 Å². The molecule has 1 aromatic heterocycles. The third-order valence-electron chi connectivity index (χ3n) is 4.35. The van der Waals surface area contributed by atoms with E-state index < -0.39 is 18.1 Å². The highest BCUT2D eigenvalue weighted by Crippen LogP contribution is 2.36. The zero-order valence-corrected chi connectivity index (χ0v) is 13.4. The van der Waals surface area contributed by atoms with E-state index in [0.717, 1.165) is 11.7 Å². The van der Waals surface area contributed by atoms with Gasteiger partial charge in [-0.15, -0.1) is 0 Å². The smallest absolute Gasteiger partial charge is 0.313 e. The van der Waals surface area contributed by atoms with E-state index >= 15 is 0 Å². The summed E-state index contributed by atoms with van der Waals surface area (Å²) in [6.45, 7) is -0.0685. The normalized spacial score (nSPS) is 20.9. The molecule has 0 bridgehead atoms. The van der Waals surface area contributed by atoms with Crippen molar-refractivity contribution in [3.8, 4) is 0 Å². The molecule has 122 valence electrons. The van der Waals surface area contributed by atoms with Crippen molar-refractivity contribution in [1.29, 1.82) is 0 Å². The number of rotatable bonds is 4. The van der Waals surface area contributed by atoms with Gasteiger partial charge < -0.3 is 9.64 Å². The first-order valence-electron chi connectivity index (χ1n) is 7.26. The number of hydrogen-bond donors (Lipinski definition) is 0. The van der Waals surface area contributed by atoms with Crippen LogP contribution in [0, 0.1) is 5.41 Å². The van der Waals surface area contributed by atoms with Crippen molar-refractivity contribution in [3.63, 3.8) is 0 Å². The Morgan fingerprint density at radius 1 is 1.43 bits per heavy atom. The number of esters is 1. The van der Waals surface area contributed by atoms with Crippen molar-refractivity contribution in [1.82, 2.24) is 13.6 Å². The highest BCUT2D eigenvalue weighted by atomic mass is 32.1. The highest BCUT2D eigenvalue weighted by Gasteiger charge is 2.47. The summed E-state index contributed by atoms with van der Waals surface area (Å²) in [6.07, 6.45) is 0.465. The number of carbonyl (C=O) groups excluding carboxylic acids is 2. The third kappa shape index (κ3) is 2.67. The van der Waals surface area contributed by atoms with E-state index in [1.54, 1.807) is 23.1 Å². The van der Waals surface area contributed by atoms with Gasteiger partial charge in [-0.2, -0.15) is 8.75 Å². The molecule has 1 aliphatic rings. The predicted molar refractivity (Wildman–Crippen MR) is 83.0 cm³/mol. The third-order valence-corrected chi connectivity index (χ3v) is 4.89. The van der Waals surface area contributed by atoms with E-state index in [4.69, 9.17) is 4.74 Å². The van der Waals surface area contributed by atoms with Crippen molar-refractivity contribution in [3.05, 3.63) is 23.8 Å². The summed E-state index contributed by atoms with van der Waals surface area (Å²) in [6, 6.07) is 5.24. The zero-order valence-electron chi connectivity index (χ0n) is 12.6. The van der Waals surface area contributed by atoms with Crippen LogP contribution < -0.4 is 0 Å². The van der Waals surface area contributed by atoms with Gasteiger partial charge in [0.2, 0.25) is 0 Å².